The molecule has 0 saturated heterocycles. The number of ketones is 1. The molecule has 7 nitrogen and oxygen atoms in total. The van der Waals surface area contributed by atoms with Gasteiger partial charge in [-0.15, -0.1) is 0 Å². The first-order chi connectivity index (χ1) is 12.8. The van der Waals surface area contributed by atoms with Crippen molar-refractivity contribution in [3.8, 4) is 0 Å². The van der Waals surface area contributed by atoms with Gasteiger partial charge in [0.1, 0.15) is 12.7 Å². The third-order valence-electron chi connectivity index (χ3n) is 4.29. The van der Waals surface area contributed by atoms with Crippen LogP contribution >= 0.6 is 11.6 Å². The summed E-state index contributed by atoms with van der Waals surface area (Å²) >= 11 is 5.94. The highest BCUT2D eigenvalue weighted by molar-refractivity contribution is 6.31. The van der Waals surface area contributed by atoms with Crippen LogP contribution in [0.25, 0.3) is 0 Å². The van der Waals surface area contributed by atoms with Crippen molar-refractivity contribution in [2.75, 3.05) is 6.67 Å². The van der Waals surface area contributed by atoms with Crippen LogP contribution in [0.2, 0.25) is 5.02 Å². The second-order valence-electron chi connectivity index (χ2n) is 6.08. The molecule has 0 aromatic heterocycles. The summed E-state index contributed by atoms with van der Waals surface area (Å²) < 4.78 is 13.9. The largest absolute Gasteiger partial charge is 0.481 e. The van der Waals surface area contributed by atoms with Gasteiger partial charge in [-0.2, -0.15) is 4.58 Å². The van der Waals surface area contributed by atoms with E-state index >= 15 is 0 Å². The van der Waals surface area contributed by atoms with Crippen LogP contribution in [0.4, 0.5) is 4.39 Å². The number of alkyl halides is 1. The third-order valence-corrected chi connectivity index (χ3v) is 4.52. The standard InChI is InChI=1S/C18H18ClFN2O5/c1-2-14(17(26)21-13(8-16(24)25)15(23)9-20)22-6-5-10-3-4-11(19)7-12(10)18(22)27/h3-4,6-7,13-14H,2,5,8-9H2,1H3,(H-,21,24,25,26)/p+1/t13?,14-/m0/s1. The molecule has 2 N–H and O–H groups in total. The van der Waals surface area contributed by atoms with E-state index < -0.39 is 48.7 Å². The number of hydrogen-bond donors (Lipinski definition) is 2. The predicted octanol–water partition coefficient (Wildman–Crippen LogP) is 1.40. The molecule has 0 aliphatic carbocycles. The summed E-state index contributed by atoms with van der Waals surface area (Å²) in [7, 11) is 0. The summed E-state index contributed by atoms with van der Waals surface area (Å²) in [6.07, 6.45) is 1.45. The molecule has 2 rings (SSSR count). The fraction of sp³-hybridized carbons (Fsp3) is 0.389. The molecule has 1 aromatic rings. The van der Waals surface area contributed by atoms with Crippen molar-refractivity contribution in [3.05, 3.63) is 34.3 Å². The van der Waals surface area contributed by atoms with Crippen molar-refractivity contribution in [1.82, 2.24) is 5.32 Å². The van der Waals surface area contributed by atoms with Crippen LogP contribution in [-0.2, 0) is 20.8 Å². The van der Waals surface area contributed by atoms with E-state index in [0.29, 0.717) is 17.0 Å². The zero-order valence-corrected chi connectivity index (χ0v) is 15.3. The highest BCUT2D eigenvalue weighted by Crippen LogP contribution is 2.21. The number of amides is 2. The lowest BCUT2D eigenvalue weighted by molar-refractivity contribution is -0.456. The maximum Gasteiger partial charge on any atom is 0.420 e. The topological polar surface area (TPSA) is 104 Å². The number of Topliss-reactive ketones (excluding diaryl/α,β-unsaturated/α-hetero) is 1. The Morgan fingerprint density at radius 3 is 2.67 bits per heavy atom. The average molecular weight is 398 g/mol. The van der Waals surface area contributed by atoms with Gasteiger partial charge in [0.15, 0.2) is 12.0 Å². The number of carboxylic acids is 1. The summed E-state index contributed by atoms with van der Waals surface area (Å²) in [6.45, 7) is 0.275. The van der Waals surface area contributed by atoms with Gasteiger partial charge in [0, 0.05) is 11.4 Å². The first kappa shape index (κ1) is 20.7. The van der Waals surface area contributed by atoms with Gasteiger partial charge in [-0.25, -0.2) is 9.18 Å². The Kier molecular flexibility index (Phi) is 6.79. The van der Waals surface area contributed by atoms with E-state index in [0.717, 1.165) is 5.56 Å². The molecule has 0 fully saturated rings. The number of carbonyl (C=O) groups is 4. The smallest absolute Gasteiger partial charge is 0.420 e. The normalized spacial score (nSPS) is 15.4. The van der Waals surface area contributed by atoms with Gasteiger partial charge < -0.3 is 10.4 Å². The second-order valence-corrected chi connectivity index (χ2v) is 6.52. The minimum absolute atomic E-state index is 0.216. The minimum Gasteiger partial charge on any atom is -0.481 e. The fourth-order valence-corrected chi connectivity index (χ4v) is 3.07. The molecule has 9 heteroatoms. The number of carbonyl (C=O) groups excluding carboxylic acids is 3. The van der Waals surface area contributed by atoms with Crippen LogP contribution in [0, 0.1) is 0 Å². The molecule has 2 amide bonds. The maximum atomic E-state index is 12.8. The van der Waals surface area contributed by atoms with Crippen LogP contribution in [-0.4, -0.2) is 58.2 Å². The molecule has 1 unspecified atom stereocenters. The lowest BCUT2D eigenvalue weighted by atomic mass is 9.99. The molecule has 0 radical (unpaired) electrons. The van der Waals surface area contributed by atoms with E-state index in [1.54, 1.807) is 25.3 Å². The van der Waals surface area contributed by atoms with Gasteiger partial charge in [0.2, 0.25) is 6.04 Å². The molecular weight excluding hydrogens is 379 g/mol. The summed E-state index contributed by atoms with van der Waals surface area (Å²) in [4.78, 5) is 47.8. The number of carboxylic acid groups (broad SMARTS) is 1. The number of rotatable bonds is 8. The zero-order chi connectivity index (χ0) is 20.1. The lowest BCUT2D eigenvalue weighted by Gasteiger charge is -2.20. The highest BCUT2D eigenvalue weighted by Gasteiger charge is 2.39. The van der Waals surface area contributed by atoms with Gasteiger partial charge in [-0.05, 0) is 17.7 Å². The van der Waals surface area contributed by atoms with Crippen molar-refractivity contribution >= 4 is 41.4 Å². The van der Waals surface area contributed by atoms with Gasteiger partial charge in [-0.3, -0.25) is 14.4 Å². The second kappa shape index (κ2) is 8.85. The van der Waals surface area contributed by atoms with E-state index in [2.05, 4.69) is 5.32 Å². The Hall–Kier alpha value is -2.61. The monoisotopic (exact) mass is 397 g/mol. The quantitative estimate of drug-likeness (QED) is 0.645. The molecule has 1 aliphatic rings. The Morgan fingerprint density at radius 1 is 1.37 bits per heavy atom. The number of halogens is 2. The van der Waals surface area contributed by atoms with E-state index in [9.17, 15) is 23.6 Å². The number of nitrogens with one attached hydrogen (secondary N) is 1. The van der Waals surface area contributed by atoms with Crippen molar-refractivity contribution in [3.63, 3.8) is 0 Å². The Labute approximate surface area is 159 Å². The number of nitrogens with zero attached hydrogens (tertiary/aromatic N) is 1. The van der Waals surface area contributed by atoms with Crippen LogP contribution in [0.15, 0.2) is 18.2 Å². The molecule has 2 atom stereocenters. The first-order valence-electron chi connectivity index (χ1n) is 8.33. The van der Waals surface area contributed by atoms with Gasteiger partial charge >= 0.3 is 11.9 Å². The molecule has 144 valence electrons. The van der Waals surface area contributed by atoms with Crippen molar-refractivity contribution < 1.29 is 33.3 Å². The van der Waals surface area contributed by atoms with Crippen LogP contribution in [0.3, 0.4) is 0 Å². The summed E-state index contributed by atoms with van der Waals surface area (Å²) in [5, 5.41) is 11.5. The fourth-order valence-electron chi connectivity index (χ4n) is 2.90. The number of aliphatic carboxylic acids is 1. The molecule has 1 aromatic carbocycles. The molecule has 0 bridgehead atoms. The Balaban J connectivity index is 2.24. The van der Waals surface area contributed by atoms with Crippen molar-refractivity contribution in [2.45, 2.75) is 38.3 Å². The molecule has 0 saturated carbocycles. The number of fused-ring (bicyclic) bond motifs is 1. The van der Waals surface area contributed by atoms with E-state index in [4.69, 9.17) is 16.7 Å². The van der Waals surface area contributed by atoms with Crippen LogP contribution < -0.4 is 5.32 Å². The average Bonchev–Trinajstić information content (AvgIpc) is 2.63. The summed E-state index contributed by atoms with van der Waals surface area (Å²) in [5.74, 6) is -3.53. The van der Waals surface area contributed by atoms with Gasteiger partial charge in [0.05, 0.1) is 18.4 Å². The molecule has 0 spiro atoms. The predicted molar refractivity (Wildman–Crippen MR) is 95.1 cm³/mol. The van der Waals surface area contributed by atoms with E-state index in [1.807, 2.05) is 0 Å². The first-order valence-corrected chi connectivity index (χ1v) is 8.71. The molecule has 1 heterocycles. The van der Waals surface area contributed by atoms with Gasteiger partial charge in [-0.1, -0.05) is 24.6 Å². The molecule has 1 aliphatic heterocycles. The maximum absolute atomic E-state index is 12.8. The molecular formula is C18H19ClFN2O5+. The van der Waals surface area contributed by atoms with E-state index in [-0.39, 0.29) is 6.42 Å². The highest BCUT2D eigenvalue weighted by atomic mass is 35.5. The van der Waals surface area contributed by atoms with Crippen molar-refractivity contribution in [2.24, 2.45) is 0 Å². The summed E-state index contributed by atoms with van der Waals surface area (Å²) in [5.41, 5.74) is 1.14. The van der Waals surface area contributed by atoms with Crippen LogP contribution in [0.5, 0.6) is 0 Å². The van der Waals surface area contributed by atoms with Crippen LogP contribution in [0.1, 0.15) is 35.7 Å². The van der Waals surface area contributed by atoms with E-state index in [1.165, 1.54) is 10.6 Å². The lowest BCUT2D eigenvalue weighted by Crippen LogP contribution is -2.51. The number of hydrogen-bond acceptors (Lipinski definition) is 4. The summed E-state index contributed by atoms with van der Waals surface area (Å²) in [6, 6.07) is 2.46. The number of benzene rings is 1. The molecule has 27 heavy (non-hydrogen) atoms. The SMILES string of the molecule is CC[C@@H](C(=O)NC(CC(=O)O)C(=O)CF)[N+]1=CCc2ccc(Cl)cc2C1=O. The Morgan fingerprint density at radius 2 is 2.07 bits per heavy atom. The Bertz CT molecular complexity index is 824. The minimum atomic E-state index is -1.49. The van der Waals surface area contributed by atoms with Gasteiger partial charge in [0.25, 0.3) is 5.91 Å². The third kappa shape index (κ3) is 4.77. The zero-order valence-electron chi connectivity index (χ0n) is 14.6. The van der Waals surface area contributed by atoms with Crippen molar-refractivity contribution in [1.29, 1.82) is 0 Å².